The van der Waals surface area contributed by atoms with Gasteiger partial charge in [0.1, 0.15) is 0 Å². The summed E-state index contributed by atoms with van der Waals surface area (Å²) in [5.41, 5.74) is -0.0129. The molecule has 1 aromatic carbocycles. The maximum absolute atomic E-state index is 12.6. The van der Waals surface area contributed by atoms with Gasteiger partial charge in [0.25, 0.3) is 0 Å². The van der Waals surface area contributed by atoms with Crippen LogP contribution in [0.1, 0.15) is 31.2 Å². The SMILES string of the molecule is OC1CCCC(CNc2ccc(C(F)(F)F)cc2Br)C1. The second kappa shape index (κ2) is 6.35. The molecule has 0 aliphatic heterocycles. The Bertz CT molecular complexity index is 464. The van der Waals surface area contributed by atoms with Crippen LogP contribution >= 0.6 is 15.9 Å². The quantitative estimate of drug-likeness (QED) is 0.844. The van der Waals surface area contributed by atoms with Crippen molar-refractivity contribution in [3.8, 4) is 0 Å². The van der Waals surface area contributed by atoms with E-state index in [0.29, 0.717) is 22.6 Å². The summed E-state index contributed by atoms with van der Waals surface area (Å²) in [5, 5.41) is 12.8. The Labute approximate surface area is 124 Å². The summed E-state index contributed by atoms with van der Waals surface area (Å²) < 4.78 is 38.1. The van der Waals surface area contributed by atoms with E-state index in [1.165, 1.54) is 6.07 Å². The van der Waals surface area contributed by atoms with Crippen LogP contribution in [0.3, 0.4) is 0 Å². The van der Waals surface area contributed by atoms with Crippen LogP contribution in [0.15, 0.2) is 22.7 Å². The average molecular weight is 352 g/mol. The van der Waals surface area contributed by atoms with Crippen molar-refractivity contribution < 1.29 is 18.3 Å². The van der Waals surface area contributed by atoms with Gasteiger partial charge in [0.05, 0.1) is 11.7 Å². The van der Waals surface area contributed by atoms with Crippen molar-refractivity contribution in [1.82, 2.24) is 0 Å². The topological polar surface area (TPSA) is 32.3 Å². The minimum absolute atomic E-state index is 0.244. The molecule has 0 heterocycles. The van der Waals surface area contributed by atoms with Gasteiger partial charge in [-0.15, -0.1) is 0 Å². The van der Waals surface area contributed by atoms with Crippen LogP contribution in [0.5, 0.6) is 0 Å². The third-order valence-corrected chi connectivity index (χ3v) is 4.29. The molecule has 2 N–H and O–H groups in total. The van der Waals surface area contributed by atoms with Crippen LogP contribution in [-0.4, -0.2) is 17.8 Å². The van der Waals surface area contributed by atoms with E-state index in [-0.39, 0.29) is 6.10 Å². The molecule has 0 aromatic heterocycles. The Morgan fingerprint density at radius 1 is 1.30 bits per heavy atom. The lowest BCUT2D eigenvalue weighted by atomic mass is 9.87. The highest BCUT2D eigenvalue weighted by Gasteiger charge is 2.30. The molecule has 1 fully saturated rings. The zero-order valence-electron chi connectivity index (χ0n) is 10.9. The molecule has 2 atom stereocenters. The third kappa shape index (κ3) is 4.12. The molecule has 2 unspecified atom stereocenters. The lowest BCUT2D eigenvalue weighted by molar-refractivity contribution is -0.137. The molecular formula is C14H17BrF3NO. The van der Waals surface area contributed by atoms with E-state index >= 15 is 0 Å². The van der Waals surface area contributed by atoms with E-state index in [9.17, 15) is 18.3 Å². The smallest absolute Gasteiger partial charge is 0.393 e. The molecule has 6 heteroatoms. The molecular weight excluding hydrogens is 335 g/mol. The predicted octanol–water partition coefficient (Wildman–Crippen LogP) is 4.43. The van der Waals surface area contributed by atoms with E-state index in [4.69, 9.17) is 0 Å². The molecule has 112 valence electrons. The van der Waals surface area contributed by atoms with Gasteiger partial charge in [0.15, 0.2) is 0 Å². The number of rotatable bonds is 3. The van der Waals surface area contributed by atoms with Crippen molar-refractivity contribution >= 4 is 21.6 Å². The number of nitrogens with one attached hydrogen (secondary N) is 1. The van der Waals surface area contributed by atoms with Gasteiger partial charge in [0, 0.05) is 16.7 Å². The second-order valence-corrected chi connectivity index (χ2v) is 6.11. The molecule has 0 spiro atoms. The van der Waals surface area contributed by atoms with Crippen LogP contribution in [0.25, 0.3) is 0 Å². The zero-order valence-corrected chi connectivity index (χ0v) is 12.5. The molecule has 20 heavy (non-hydrogen) atoms. The van der Waals surface area contributed by atoms with E-state index in [1.54, 1.807) is 0 Å². The number of aliphatic hydroxyl groups is 1. The number of anilines is 1. The Kier molecular flexibility index (Phi) is 4.96. The lowest BCUT2D eigenvalue weighted by Gasteiger charge is -2.26. The van der Waals surface area contributed by atoms with Crippen molar-refractivity contribution in [3.63, 3.8) is 0 Å². The molecule has 1 aromatic rings. The molecule has 1 saturated carbocycles. The van der Waals surface area contributed by atoms with Crippen LogP contribution in [0.4, 0.5) is 18.9 Å². The van der Waals surface area contributed by atoms with Gasteiger partial charge in [-0.05, 0) is 59.3 Å². The van der Waals surface area contributed by atoms with Crippen molar-refractivity contribution in [2.45, 2.75) is 38.0 Å². The van der Waals surface area contributed by atoms with Gasteiger partial charge in [0.2, 0.25) is 0 Å². The first-order valence-corrected chi connectivity index (χ1v) is 7.44. The van der Waals surface area contributed by atoms with Crippen LogP contribution in [0.2, 0.25) is 0 Å². The number of hydrogen-bond acceptors (Lipinski definition) is 2. The molecule has 2 rings (SSSR count). The Hall–Kier alpha value is -0.750. The Morgan fingerprint density at radius 3 is 2.65 bits per heavy atom. The van der Waals surface area contributed by atoms with Crippen LogP contribution < -0.4 is 5.32 Å². The monoisotopic (exact) mass is 351 g/mol. The highest BCUT2D eigenvalue weighted by molar-refractivity contribution is 9.10. The fourth-order valence-electron chi connectivity index (χ4n) is 2.54. The van der Waals surface area contributed by atoms with E-state index in [1.807, 2.05) is 0 Å². The molecule has 1 aliphatic rings. The summed E-state index contributed by atoms with van der Waals surface area (Å²) in [6, 6.07) is 3.59. The summed E-state index contributed by atoms with van der Waals surface area (Å²) in [4.78, 5) is 0. The first kappa shape index (κ1) is 15.6. The Balaban J connectivity index is 1.96. The van der Waals surface area contributed by atoms with Crippen molar-refractivity contribution in [2.24, 2.45) is 5.92 Å². The summed E-state index contributed by atoms with van der Waals surface area (Å²) in [6.45, 7) is 0.668. The minimum Gasteiger partial charge on any atom is -0.393 e. The summed E-state index contributed by atoms with van der Waals surface area (Å²) in [7, 11) is 0. The largest absolute Gasteiger partial charge is 0.416 e. The average Bonchev–Trinajstić information content (AvgIpc) is 2.36. The predicted molar refractivity (Wildman–Crippen MR) is 75.6 cm³/mol. The van der Waals surface area contributed by atoms with Crippen molar-refractivity contribution in [2.75, 3.05) is 11.9 Å². The molecule has 2 nitrogen and oxygen atoms in total. The van der Waals surface area contributed by atoms with Crippen LogP contribution in [-0.2, 0) is 6.18 Å². The van der Waals surface area contributed by atoms with Gasteiger partial charge in [-0.2, -0.15) is 13.2 Å². The third-order valence-electron chi connectivity index (χ3n) is 3.63. The normalized spacial score (nSPS) is 23.6. The summed E-state index contributed by atoms with van der Waals surface area (Å²) >= 11 is 3.16. The Morgan fingerprint density at radius 2 is 2.05 bits per heavy atom. The maximum atomic E-state index is 12.6. The number of hydrogen-bond donors (Lipinski definition) is 2. The number of halogens is 4. The lowest BCUT2D eigenvalue weighted by Crippen LogP contribution is -2.25. The first-order valence-electron chi connectivity index (χ1n) is 6.65. The standard InChI is InChI=1S/C14H17BrF3NO/c15-12-7-10(14(16,17)18)4-5-13(12)19-8-9-2-1-3-11(20)6-9/h4-5,7,9,11,19-20H,1-3,6,8H2. The molecule has 0 bridgehead atoms. The van der Waals surface area contributed by atoms with Gasteiger partial charge in [-0.3, -0.25) is 0 Å². The van der Waals surface area contributed by atoms with Gasteiger partial charge in [-0.25, -0.2) is 0 Å². The summed E-state index contributed by atoms with van der Waals surface area (Å²) in [5.74, 6) is 0.368. The van der Waals surface area contributed by atoms with Crippen molar-refractivity contribution in [1.29, 1.82) is 0 Å². The molecule has 1 aliphatic carbocycles. The summed E-state index contributed by atoms with van der Waals surface area (Å²) in [6.07, 6.45) is -0.920. The van der Waals surface area contributed by atoms with Crippen LogP contribution in [0, 0.1) is 5.92 Å². The van der Waals surface area contributed by atoms with E-state index < -0.39 is 11.7 Å². The fraction of sp³-hybridized carbons (Fsp3) is 0.571. The van der Waals surface area contributed by atoms with Gasteiger partial charge < -0.3 is 10.4 Å². The number of benzene rings is 1. The molecule has 0 saturated heterocycles. The fourth-order valence-corrected chi connectivity index (χ4v) is 3.06. The van der Waals surface area contributed by atoms with E-state index in [2.05, 4.69) is 21.2 Å². The van der Waals surface area contributed by atoms with Crippen molar-refractivity contribution in [3.05, 3.63) is 28.2 Å². The van der Waals surface area contributed by atoms with E-state index in [0.717, 1.165) is 37.8 Å². The van der Waals surface area contributed by atoms with Gasteiger partial charge in [-0.1, -0.05) is 6.42 Å². The zero-order chi connectivity index (χ0) is 14.8. The minimum atomic E-state index is -4.32. The number of alkyl halides is 3. The highest BCUT2D eigenvalue weighted by Crippen LogP contribution is 2.34. The second-order valence-electron chi connectivity index (χ2n) is 5.26. The molecule has 0 radical (unpaired) electrons. The highest BCUT2D eigenvalue weighted by atomic mass is 79.9. The maximum Gasteiger partial charge on any atom is 0.416 e. The first-order chi connectivity index (χ1) is 9.36. The number of aliphatic hydroxyl groups excluding tert-OH is 1. The molecule has 0 amide bonds. The van der Waals surface area contributed by atoms with Gasteiger partial charge >= 0.3 is 6.18 Å².